The van der Waals surface area contributed by atoms with Gasteiger partial charge in [-0.25, -0.2) is 19.1 Å². The molecule has 0 atom stereocenters. The highest BCUT2D eigenvalue weighted by atomic mass is 16.4. The summed E-state index contributed by atoms with van der Waals surface area (Å²) in [4.78, 5) is 25.6. The first kappa shape index (κ1) is 9.97. The molecule has 0 spiro atoms. The molecule has 7 nitrogen and oxygen atoms in total. The Balaban J connectivity index is 2.68. The monoisotopic (exact) mass is 220 g/mol. The van der Waals surface area contributed by atoms with Crippen molar-refractivity contribution in [1.29, 1.82) is 0 Å². The number of hydrogen-bond acceptors (Lipinski definition) is 3. The van der Waals surface area contributed by atoms with Crippen LogP contribution in [-0.2, 0) is 0 Å². The molecule has 82 valence electrons. The number of aromatic nitrogens is 2. The van der Waals surface area contributed by atoms with Gasteiger partial charge in [0.2, 0.25) is 5.95 Å². The van der Waals surface area contributed by atoms with E-state index in [2.05, 4.69) is 4.98 Å². The molecule has 0 aliphatic carbocycles. The summed E-state index contributed by atoms with van der Waals surface area (Å²) < 4.78 is 1.00. The second-order valence-corrected chi connectivity index (χ2v) is 3.03. The van der Waals surface area contributed by atoms with Gasteiger partial charge in [0, 0.05) is 0 Å². The molecule has 0 bridgehead atoms. The largest absolute Gasteiger partial charge is 0.465 e. The molecule has 4 N–H and O–H groups in total. The minimum atomic E-state index is -1.31. The van der Waals surface area contributed by atoms with Crippen molar-refractivity contribution in [1.82, 2.24) is 9.55 Å². The number of anilines is 1. The molecule has 1 aromatic carbocycles. The zero-order valence-electron chi connectivity index (χ0n) is 8.04. The molecule has 0 aliphatic heterocycles. The van der Waals surface area contributed by atoms with Gasteiger partial charge >= 0.3 is 12.1 Å². The molecule has 1 heterocycles. The van der Waals surface area contributed by atoms with E-state index in [9.17, 15) is 9.59 Å². The number of benzene rings is 1. The number of fused-ring (bicyclic) bond motifs is 1. The van der Waals surface area contributed by atoms with Gasteiger partial charge in [0.25, 0.3) is 0 Å². The lowest BCUT2D eigenvalue weighted by atomic mass is 10.3. The first-order valence-electron chi connectivity index (χ1n) is 4.37. The maximum atomic E-state index is 11.2. The van der Waals surface area contributed by atoms with Crippen molar-refractivity contribution < 1.29 is 14.7 Å². The van der Waals surface area contributed by atoms with Crippen LogP contribution in [0.3, 0.4) is 0 Å². The summed E-state index contributed by atoms with van der Waals surface area (Å²) in [6.07, 6.45) is -1.31. The Labute approximate surface area is 89.5 Å². The van der Waals surface area contributed by atoms with Gasteiger partial charge < -0.3 is 10.8 Å². The highest BCUT2D eigenvalue weighted by molar-refractivity contribution is 5.95. The Morgan fingerprint density at radius 1 is 1.38 bits per heavy atom. The highest BCUT2D eigenvalue weighted by Crippen LogP contribution is 2.18. The van der Waals surface area contributed by atoms with Gasteiger partial charge in [-0.05, 0) is 12.1 Å². The van der Waals surface area contributed by atoms with Gasteiger partial charge in [-0.1, -0.05) is 12.1 Å². The molecule has 0 unspecified atom stereocenters. The van der Waals surface area contributed by atoms with Gasteiger partial charge in [-0.3, -0.25) is 5.32 Å². The quantitative estimate of drug-likeness (QED) is 0.667. The second kappa shape index (κ2) is 3.54. The minimum absolute atomic E-state index is 0.110. The third-order valence-electron chi connectivity index (χ3n) is 2.00. The van der Waals surface area contributed by atoms with E-state index in [-0.39, 0.29) is 5.95 Å². The molecule has 2 aromatic rings. The lowest BCUT2D eigenvalue weighted by Crippen LogP contribution is -2.23. The predicted octanol–water partition coefficient (Wildman–Crippen LogP) is 1.05. The van der Waals surface area contributed by atoms with E-state index in [0.717, 1.165) is 4.57 Å². The van der Waals surface area contributed by atoms with Crippen LogP contribution in [0.4, 0.5) is 15.5 Å². The Hall–Kier alpha value is -2.57. The van der Waals surface area contributed by atoms with Gasteiger partial charge in [-0.2, -0.15) is 0 Å². The normalized spacial score (nSPS) is 10.2. The average Bonchev–Trinajstić information content (AvgIpc) is 2.53. The van der Waals surface area contributed by atoms with Crippen LogP contribution in [0.2, 0.25) is 0 Å². The summed E-state index contributed by atoms with van der Waals surface area (Å²) in [6, 6.07) is 5.92. The highest BCUT2D eigenvalue weighted by Gasteiger charge is 2.15. The SMILES string of the molecule is NC(=O)n1c(NC(=O)O)nc2ccccc21. The van der Waals surface area contributed by atoms with E-state index in [1.54, 1.807) is 24.3 Å². The summed E-state index contributed by atoms with van der Waals surface area (Å²) in [5.41, 5.74) is 6.10. The van der Waals surface area contributed by atoms with Crippen LogP contribution in [0.15, 0.2) is 24.3 Å². The van der Waals surface area contributed by atoms with E-state index in [1.807, 2.05) is 5.32 Å². The van der Waals surface area contributed by atoms with E-state index in [0.29, 0.717) is 11.0 Å². The third kappa shape index (κ3) is 1.54. The number of para-hydroxylation sites is 2. The number of carbonyl (C=O) groups excluding carboxylic acids is 1. The van der Waals surface area contributed by atoms with Crippen LogP contribution in [-0.4, -0.2) is 26.8 Å². The zero-order chi connectivity index (χ0) is 11.7. The average molecular weight is 220 g/mol. The van der Waals surface area contributed by atoms with Gasteiger partial charge in [0.15, 0.2) is 0 Å². The molecule has 2 amide bonds. The van der Waals surface area contributed by atoms with Crippen molar-refractivity contribution in [2.45, 2.75) is 0 Å². The lowest BCUT2D eigenvalue weighted by molar-refractivity contribution is 0.209. The van der Waals surface area contributed by atoms with Crippen molar-refractivity contribution in [3.63, 3.8) is 0 Å². The standard InChI is InChI=1S/C9H8N4O3/c10-7(14)13-6-4-2-1-3-5(6)11-8(13)12-9(15)16/h1-4H,(H2,10,14)(H,11,12)(H,15,16). The number of nitrogens with zero attached hydrogens (tertiary/aromatic N) is 2. The molecular formula is C9H8N4O3. The third-order valence-corrected chi connectivity index (χ3v) is 2.00. The smallest absolute Gasteiger partial charge is 0.411 e. The Morgan fingerprint density at radius 2 is 2.06 bits per heavy atom. The van der Waals surface area contributed by atoms with E-state index >= 15 is 0 Å². The molecule has 1 aromatic heterocycles. The zero-order valence-corrected chi connectivity index (χ0v) is 8.04. The molecule has 7 heteroatoms. The maximum absolute atomic E-state index is 11.2. The van der Waals surface area contributed by atoms with E-state index in [4.69, 9.17) is 10.8 Å². The predicted molar refractivity (Wildman–Crippen MR) is 56.4 cm³/mol. The number of hydrogen-bond donors (Lipinski definition) is 3. The summed E-state index contributed by atoms with van der Waals surface area (Å²) in [5, 5.41) is 10.6. The fourth-order valence-corrected chi connectivity index (χ4v) is 1.43. The molecule has 2 rings (SSSR count). The van der Waals surface area contributed by atoms with Crippen molar-refractivity contribution in [2.24, 2.45) is 5.73 Å². The molecule has 0 saturated heterocycles. The molecule has 0 radical (unpaired) electrons. The summed E-state index contributed by atoms with van der Waals surface area (Å²) in [5.74, 6) is -0.110. The number of amides is 2. The van der Waals surface area contributed by atoms with E-state index in [1.165, 1.54) is 0 Å². The van der Waals surface area contributed by atoms with Crippen LogP contribution < -0.4 is 11.1 Å². The first-order chi connectivity index (χ1) is 7.59. The Bertz CT molecular complexity index is 575. The minimum Gasteiger partial charge on any atom is -0.465 e. The Morgan fingerprint density at radius 3 is 2.69 bits per heavy atom. The van der Waals surface area contributed by atoms with Crippen LogP contribution in [0.5, 0.6) is 0 Å². The number of carbonyl (C=O) groups is 2. The number of carboxylic acid groups (broad SMARTS) is 1. The number of imidazole rings is 1. The van der Waals surface area contributed by atoms with Crippen LogP contribution in [0, 0.1) is 0 Å². The summed E-state index contributed by atoms with van der Waals surface area (Å²) >= 11 is 0. The first-order valence-corrected chi connectivity index (χ1v) is 4.37. The van der Waals surface area contributed by atoms with Crippen LogP contribution in [0.1, 0.15) is 0 Å². The van der Waals surface area contributed by atoms with Crippen molar-refractivity contribution in [2.75, 3.05) is 5.32 Å². The molecule has 16 heavy (non-hydrogen) atoms. The second-order valence-electron chi connectivity index (χ2n) is 3.03. The number of nitrogens with two attached hydrogens (primary N) is 1. The van der Waals surface area contributed by atoms with E-state index < -0.39 is 12.1 Å². The molecular weight excluding hydrogens is 212 g/mol. The maximum Gasteiger partial charge on any atom is 0.411 e. The van der Waals surface area contributed by atoms with Crippen molar-refractivity contribution in [3.05, 3.63) is 24.3 Å². The lowest BCUT2D eigenvalue weighted by Gasteiger charge is -2.02. The summed E-state index contributed by atoms with van der Waals surface area (Å²) in [6.45, 7) is 0. The molecule has 0 fully saturated rings. The molecule has 0 aliphatic rings. The van der Waals surface area contributed by atoms with Crippen LogP contribution >= 0.6 is 0 Å². The summed E-state index contributed by atoms with van der Waals surface area (Å²) in [7, 11) is 0. The number of rotatable bonds is 1. The fourth-order valence-electron chi connectivity index (χ4n) is 1.43. The van der Waals surface area contributed by atoms with Crippen molar-refractivity contribution >= 4 is 29.1 Å². The van der Waals surface area contributed by atoms with Gasteiger partial charge in [0.05, 0.1) is 11.0 Å². The molecule has 0 saturated carbocycles. The Kier molecular flexibility index (Phi) is 2.20. The van der Waals surface area contributed by atoms with Crippen molar-refractivity contribution in [3.8, 4) is 0 Å². The van der Waals surface area contributed by atoms with Crippen LogP contribution in [0.25, 0.3) is 11.0 Å². The number of nitrogens with one attached hydrogen (secondary N) is 1. The number of primary amides is 1. The fraction of sp³-hybridized carbons (Fsp3) is 0. The topological polar surface area (TPSA) is 110 Å². The van der Waals surface area contributed by atoms with Gasteiger partial charge in [-0.15, -0.1) is 0 Å². The van der Waals surface area contributed by atoms with Gasteiger partial charge in [0.1, 0.15) is 0 Å².